The number of urea groups is 1. The van der Waals surface area contributed by atoms with E-state index >= 15 is 0 Å². The smallest absolute Gasteiger partial charge is 0.319 e. The fourth-order valence-electron chi connectivity index (χ4n) is 2.55. The standard InChI is InChI=1S/C16H24ClN3O2/c1-12-6-8-20(9-7-12)11-13(21)10-18-16(22)19-15-5-3-2-4-14(15)17/h2-5,12-13,21H,6-11H2,1H3,(H2,18,19,22). The van der Waals surface area contributed by atoms with Gasteiger partial charge in [-0.2, -0.15) is 0 Å². The van der Waals surface area contributed by atoms with E-state index in [1.165, 1.54) is 12.8 Å². The van der Waals surface area contributed by atoms with Crippen molar-refractivity contribution in [1.82, 2.24) is 10.2 Å². The lowest BCUT2D eigenvalue weighted by molar-refractivity contribution is 0.0924. The number of halogens is 1. The Labute approximate surface area is 136 Å². The third-order valence-electron chi connectivity index (χ3n) is 3.97. The molecule has 0 aromatic heterocycles. The molecule has 1 heterocycles. The van der Waals surface area contributed by atoms with Gasteiger partial charge in [0.1, 0.15) is 0 Å². The first-order chi connectivity index (χ1) is 10.5. The number of rotatable bonds is 5. The van der Waals surface area contributed by atoms with Crippen LogP contribution in [0.4, 0.5) is 10.5 Å². The molecule has 2 amide bonds. The van der Waals surface area contributed by atoms with Gasteiger partial charge in [-0.05, 0) is 44.0 Å². The number of piperidine rings is 1. The largest absolute Gasteiger partial charge is 0.390 e. The van der Waals surface area contributed by atoms with Gasteiger partial charge in [0.2, 0.25) is 0 Å². The normalized spacial score (nSPS) is 18.0. The number of aliphatic hydroxyl groups excluding tert-OH is 1. The Bertz CT molecular complexity index is 490. The Hall–Kier alpha value is -1.30. The quantitative estimate of drug-likeness (QED) is 0.779. The summed E-state index contributed by atoms with van der Waals surface area (Å²) in [5.74, 6) is 0.771. The summed E-state index contributed by atoms with van der Waals surface area (Å²) in [4.78, 5) is 14.0. The van der Waals surface area contributed by atoms with Crippen LogP contribution in [-0.2, 0) is 0 Å². The molecule has 0 radical (unpaired) electrons. The predicted molar refractivity (Wildman–Crippen MR) is 89.3 cm³/mol. The van der Waals surface area contributed by atoms with Crippen LogP contribution in [0.15, 0.2) is 24.3 Å². The summed E-state index contributed by atoms with van der Waals surface area (Å²) in [6, 6.07) is 6.68. The topological polar surface area (TPSA) is 64.6 Å². The molecule has 6 heteroatoms. The fraction of sp³-hybridized carbons (Fsp3) is 0.562. The predicted octanol–water partition coefficient (Wildman–Crippen LogP) is 2.55. The van der Waals surface area contributed by atoms with E-state index in [0.717, 1.165) is 19.0 Å². The molecule has 0 aliphatic carbocycles. The van der Waals surface area contributed by atoms with Gasteiger partial charge in [0.15, 0.2) is 0 Å². The van der Waals surface area contributed by atoms with Crippen LogP contribution in [0, 0.1) is 5.92 Å². The number of amides is 2. The van der Waals surface area contributed by atoms with Crippen molar-refractivity contribution in [2.75, 3.05) is 31.5 Å². The van der Waals surface area contributed by atoms with E-state index in [1.807, 2.05) is 0 Å². The van der Waals surface area contributed by atoms with Crippen molar-refractivity contribution in [2.24, 2.45) is 5.92 Å². The Morgan fingerprint density at radius 3 is 2.77 bits per heavy atom. The molecule has 3 N–H and O–H groups in total. The number of hydrogen-bond acceptors (Lipinski definition) is 3. The van der Waals surface area contributed by atoms with Crippen LogP contribution in [0.5, 0.6) is 0 Å². The number of carbonyl (C=O) groups excluding carboxylic acids is 1. The van der Waals surface area contributed by atoms with Gasteiger partial charge in [-0.3, -0.25) is 0 Å². The molecule has 1 atom stereocenters. The highest BCUT2D eigenvalue weighted by Gasteiger charge is 2.18. The number of aliphatic hydroxyl groups is 1. The molecule has 0 saturated carbocycles. The third kappa shape index (κ3) is 5.48. The number of nitrogens with one attached hydrogen (secondary N) is 2. The maximum atomic E-state index is 11.8. The summed E-state index contributed by atoms with van der Waals surface area (Å²) in [6.45, 7) is 5.11. The zero-order chi connectivity index (χ0) is 15.9. The van der Waals surface area contributed by atoms with Crippen LogP contribution < -0.4 is 10.6 Å². The molecule has 2 rings (SSSR count). The second-order valence-electron chi connectivity index (χ2n) is 5.95. The molecule has 0 bridgehead atoms. The Balaban J connectivity index is 1.68. The second-order valence-corrected chi connectivity index (χ2v) is 6.36. The van der Waals surface area contributed by atoms with Crippen LogP contribution in [0.1, 0.15) is 19.8 Å². The van der Waals surface area contributed by atoms with Crippen molar-refractivity contribution in [3.63, 3.8) is 0 Å². The Morgan fingerprint density at radius 2 is 2.09 bits per heavy atom. The van der Waals surface area contributed by atoms with Crippen LogP contribution in [-0.4, -0.2) is 48.3 Å². The first-order valence-corrected chi connectivity index (χ1v) is 8.12. The number of hydrogen-bond donors (Lipinski definition) is 3. The molecule has 1 fully saturated rings. The highest BCUT2D eigenvalue weighted by molar-refractivity contribution is 6.33. The Morgan fingerprint density at radius 1 is 1.41 bits per heavy atom. The highest BCUT2D eigenvalue weighted by Crippen LogP contribution is 2.20. The van der Waals surface area contributed by atoms with Crippen LogP contribution >= 0.6 is 11.6 Å². The SMILES string of the molecule is CC1CCN(CC(O)CNC(=O)Nc2ccccc2Cl)CC1. The molecule has 1 aromatic carbocycles. The number of likely N-dealkylation sites (tertiary alicyclic amines) is 1. The average molecular weight is 326 g/mol. The number of nitrogens with zero attached hydrogens (tertiary/aromatic N) is 1. The van der Waals surface area contributed by atoms with Gasteiger partial charge in [-0.15, -0.1) is 0 Å². The monoisotopic (exact) mass is 325 g/mol. The van der Waals surface area contributed by atoms with E-state index in [-0.39, 0.29) is 12.6 Å². The minimum absolute atomic E-state index is 0.225. The van der Waals surface area contributed by atoms with E-state index in [2.05, 4.69) is 22.5 Å². The first kappa shape index (κ1) is 17.1. The highest BCUT2D eigenvalue weighted by atomic mass is 35.5. The zero-order valence-corrected chi connectivity index (χ0v) is 13.6. The number of para-hydroxylation sites is 1. The third-order valence-corrected chi connectivity index (χ3v) is 4.30. The zero-order valence-electron chi connectivity index (χ0n) is 12.9. The molecule has 22 heavy (non-hydrogen) atoms. The van der Waals surface area contributed by atoms with Gasteiger partial charge in [0.05, 0.1) is 16.8 Å². The van der Waals surface area contributed by atoms with Gasteiger partial charge in [0.25, 0.3) is 0 Å². The van der Waals surface area contributed by atoms with E-state index in [9.17, 15) is 9.90 Å². The molecule has 1 saturated heterocycles. The maximum Gasteiger partial charge on any atom is 0.319 e. The van der Waals surface area contributed by atoms with E-state index < -0.39 is 6.10 Å². The molecule has 122 valence electrons. The number of benzene rings is 1. The molecule has 5 nitrogen and oxygen atoms in total. The summed E-state index contributed by atoms with van der Waals surface area (Å²) < 4.78 is 0. The summed E-state index contributed by atoms with van der Waals surface area (Å²) in [6.07, 6.45) is 1.78. The lowest BCUT2D eigenvalue weighted by atomic mass is 9.99. The van der Waals surface area contributed by atoms with Crippen molar-refractivity contribution in [2.45, 2.75) is 25.9 Å². The minimum atomic E-state index is -0.564. The van der Waals surface area contributed by atoms with Crippen LogP contribution in [0.2, 0.25) is 5.02 Å². The molecular weight excluding hydrogens is 302 g/mol. The molecular formula is C16H24ClN3O2. The maximum absolute atomic E-state index is 11.8. The molecule has 1 aliphatic rings. The first-order valence-electron chi connectivity index (χ1n) is 7.74. The van der Waals surface area contributed by atoms with Crippen molar-refractivity contribution < 1.29 is 9.90 Å². The van der Waals surface area contributed by atoms with E-state index in [4.69, 9.17) is 11.6 Å². The summed E-state index contributed by atoms with van der Waals surface area (Å²) in [5.41, 5.74) is 0.557. The lowest BCUT2D eigenvalue weighted by Gasteiger charge is -2.31. The van der Waals surface area contributed by atoms with Gasteiger partial charge in [0, 0.05) is 13.1 Å². The lowest BCUT2D eigenvalue weighted by Crippen LogP contribution is -2.43. The molecule has 1 aliphatic heterocycles. The van der Waals surface area contributed by atoms with E-state index in [1.54, 1.807) is 24.3 Å². The van der Waals surface area contributed by atoms with Crippen molar-refractivity contribution in [3.05, 3.63) is 29.3 Å². The number of carbonyl (C=O) groups is 1. The van der Waals surface area contributed by atoms with Crippen molar-refractivity contribution in [3.8, 4) is 0 Å². The molecule has 1 unspecified atom stereocenters. The molecule has 1 aromatic rings. The van der Waals surface area contributed by atoms with Gasteiger partial charge < -0.3 is 20.6 Å². The van der Waals surface area contributed by atoms with Crippen molar-refractivity contribution >= 4 is 23.3 Å². The molecule has 0 spiro atoms. The summed E-state index contributed by atoms with van der Waals surface area (Å²) in [7, 11) is 0. The summed E-state index contributed by atoms with van der Waals surface area (Å²) >= 11 is 5.97. The van der Waals surface area contributed by atoms with Crippen LogP contribution in [0.3, 0.4) is 0 Å². The van der Waals surface area contributed by atoms with Gasteiger partial charge in [-0.25, -0.2) is 4.79 Å². The van der Waals surface area contributed by atoms with E-state index in [0.29, 0.717) is 17.3 Å². The average Bonchev–Trinajstić information content (AvgIpc) is 2.50. The van der Waals surface area contributed by atoms with Crippen molar-refractivity contribution in [1.29, 1.82) is 0 Å². The Kier molecular flexibility index (Phi) is 6.49. The van der Waals surface area contributed by atoms with Gasteiger partial charge >= 0.3 is 6.03 Å². The summed E-state index contributed by atoms with van der Waals surface area (Å²) in [5, 5.41) is 15.9. The van der Waals surface area contributed by atoms with Crippen LogP contribution in [0.25, 0.3) is 0 Å². The minimum Gasteiger partial charge on any atom is -0.390 e. The fourth-order valence-corrected chi connectivity index (χ4v) is 2.73. The number of anilines is 1. The number of β-amino-alcohol motifs (C(OH)–C–C–N with tert-alkyl or cyclic N) is 1. The second kappa shape index (κ2) is 8.36. The van der Waals surface area contributed by atoms with Gasteiger partial charge in [-0.1, -0.05) is 30.7 Å².